The molecule has 0 bridgehead atoms. The Kier molecular flexibility index (Phi) is 13.7. The van der Waals surface area contributed by atoms with Gasteiger partial charge in [0.05, 0.1) is 0 Å². The third kappa shape index (κ3) is 58.9. The number of carbonyl (C=O) groups is 1. The minimum atomic E-state index is -6.00. The molecule has 1 rings (SSSR count). The van der Waals surface area contributed by atoms with Crippen molar-refractivity contribution in [3.05, 3.63) is 0 Å². The third-order valence-corrected chi connectivity index (χ3v) is 1.76. The highest BCUT2D eigenvalue weighted by Gasteiger charge is 2.24. The van der Waals surface area contributed by atoms with Crippen LogP contribution in [0.15, 0.2) is 0 Å². The zero-order valence-electron chi connectivity index (χ0n) is 14.4. The van der Waals surface area contributed by atoms with E-state index >= 15 is 0 Å². The van der Waals surface area contributed by atoms with Crippen LogP contribution >= 0.6 is 0 Å². The quantitative estimate of drug-likeness (QED) is 0.352. The standard InChI is InChI=1S/C9H17NO2.3BF4/c1-9(2,3)12-8(11)10-6-4-5-7-10;3*2-1(3,4)5/h4-7H2,1-3H3;;;/q;3*-1. The average Bonchev–Trinajstić information content (AvgIpc) is 2.70. The van der Waals surface area contributed by atoms with Gasteiger partial charge in [0.25, 0.3) is 0 Å². The van der Waals surface area contributed by atoms with Crippen LogP contribution in [0.3, 0.4) is 0 Å². The summed E-state index contributed by atoms with van der Waals surface area (Å²) >= 11 is 0. The maximum Gasteiger partial charge on any atom is 0.673 e. The predicted octanol–water partition coefficient (Wildman–Crippen LogP) is 5.92. The van der Waals surface area contributed by atoms with Gasteiger partial charge in [-0.25, -0.2) is 4.79 Å². The first-order valence-corrected chi connectivity index (χ1v) is 7.09. The number of halogens is 12. The highest BCUT2D eigenvalue weighted by atomic mass is 19.5. The molecule has 0 unspecified atom stereocenters. The fraction of sp³-hybridized carbons (Fsp3) is 0.889. The van der Waals surface area contributed by atoms with Gasteiger partial charge in [-0.05, 0) is 33.6 Å². The largest absolute Gasteiger partial charge is 0.673 e. The van der Waals surface area contributed by atoms with Crippen LogP contribution in [0.1, 0.15) is 33.6 Å². The van der Waals surface area contributed by atoms with Gasteiger partial charge in [-0.1, -0.05) is 0 Å². The van der Waals surface area contributed by atoms with E-state index in [1.807, 2.05) is 20.8 Å². The lowest BCUT2D eigenvalue weighted by atomic mass is 10.2. The van der Waals surface area contributed by atoms with Crippen LogP contribution in [0.4, 0.5) is 56.6 Å². The third-order valence-electron chi connectivity index (χ3n) is 1.76. The molecule has 1 fully saturated rings. The normalized spacial score (nSPS) is 14.7. The van der Waals surface area contributed by atoms with E-state index in [2.05, 4.69) is 0 Å². The van der Waals surface area contributed by atoms with E-state index in [-0.39, 0.29) is 11.7 Å². The molecule has 166 valence electrons. The maximum absolute atomic E-state index is 11.4. The molecule has 27 heavy (non-hydrogen) atoms. The molecule has 18 heteroatoms. The van der Waals surface area contributed by atoms with Gasteiger partial charge in [-0.15, -0.1) is 0 Å². The Balaban J connectivity index is -0.000000323. The second-order valence-corrected chi connectivity index (χ2v) is 5.66. The average molecular weight is 432 g/mol. The first kappa shape index (κ1) is 30.4. The van der Waals surface area contributed by atoms with E-state index in [1.165, 1.54) is 0 Å². The van der Waals surface area contributed by atoms with E-state index < -0.39 is 21.8 Å². The Morgan fingerprint density at radius 3 is 1.11 bits per heavy atom. The lowest BCUT2D eigenvalue weighted by molar-refractivity contribution is 0.0295. The van der Waals surface area contributed by atoms with Crippen molar-refractivity contribution in [3.63, 3.8) is 0 Å². The van der Waals surface area contributed by atoms with Gasteiger partial charge in [0.2, 0.25) is 0 Å². The number of hydrogen-bond donors (Lipinski definition) is 0. The molecule has 0 spiro atoms. The fourth-order valence-corrected chi connectivity index (χ4v) is 1.23. The summed E-state index contributed by atoms with van der Waals surface area (Å²) < 4.78 is 122. The molecular weight excluding hydrogens is 415 g/mol. The predicted molar refractivity (Wildman–Crippen MR) is 77.6 cm³/mol. The second-order valence-electron chi connectivity index (χ2n) is 5.66. The monoisotopic (exact) mass is 432 g/mol. The molecule has 1 heterocycles. The van der Waals surface area contributed by atoms with Crippen LogP contribution in [0.25, 0.3) is 0 Å². The summed E-state index contributed by atoms with van der Waals surface area (Å²) in [7, 11) is -18.0. The van der Waals surface area contributed by atoms with E-state index in [0.717, 1.165) is 25.9 Å². The van der Waals surface area contributed by atoms with Crippen molar-refractivity contribution in [1.29, 1.82) is 0 Å². The molecule has 0 aromatic heterocycles. The van der Waals surface area contributed by atoms with Gasteiger partial charge in [-0.3, -0.25) is 0 Å². The molecule has 0 aromatic rings. The molecule has 0 atom stereocenters. The smallest absolute Gasteiger partial charge is 0.444 e. The van der Waals surface area contributed by atoms with E-state index in [9.17, 15) is 56.6 Å². The van der Waals surface area contributed by atoms with Crippen LogP contribution in [0.2, 0.25) is 0 Å². The molecule has 1 saturated heterocycles. The number of likely N-dealkylation sites (tertiary alicyclic amines) is 1. The summed E-state index contributed by atoms with van der Waals surface area (Å²) in [5, 5.41) is 0. The van der Waals surface area contributed by atoms with E-state index in [0.29, 0.717) is 0 Å². The summed E-state index contributed by atoms with van der Waals surface area (Å²) in [4.78, 5) is 13.1. The second kappa shape index (κ2) is 12.2. The van der Waals surface area contributed by atoms with Gasteiger partial charge in [-0.2, -0.15) is 0 Å². The van der Waals surface area contributed by atoms with Crippen LogP contribution in [-0.2, 0) is 4.74 Å². The Hall–Kier alpha value is -1.38. The first-order chi connectivity index (χ1) is 11.5. The lowest BCUT2D eigenvalue weighted by Gasteiger charge is -2.23. The SMILES string of the molecule is CC(C)(C)OC(=O)N1CCCC1.F[B-](F)(F)F.F[B-](F)(F)F.F[B-](F)(F)F. The van der Waals surface area contributed by atoms with Crippen molar-refractivity contribution in [2.75, 3.05) is 13.1 Å². The van der Waals surface area contributed by atoms with Crippen molar-refractivity contribution >= 4 is 27.9 Å². The minimum absolute atomic E-state index is 0.167. The maximum atomic E-state index is 11.4. The van der Waals surface area contributed by atoms with Gasteiger partial charge in [0.15, 0.2) is 0 Å². The Bertz CT molecular complexity index is 354. The van der Waals surface area contributed by atoms with Gasteiger partial charge in [0, 0.05) is 13.1 Å². The molecule has 3 nitrogen and oxygen atoms in total. The Labute approximate surface area is 147 Å². The van der Waals surface area contributed by atoms with Crippen molar-refractivity contribution in [3.8, 4) is 0 Å². The molecule has 0 radical (unpaired) electrons. The van der Waals surface area contributed by atoms with Crippen LogP contribution < -0.4 is 0 Å². The summed E-state index contributed by atoms with van der Waals surface area (Å²) in [6.07, 6.45) is 2.05. The van der Waals surface area contributed by atoms with E-state index in [4.69, 9.17) is 4.74 Å². The molecule has 0 aliphatic carbocycles. The van der Waals surface area contributed by atoms with E-state index in [1.54, 1.807) is 4.90 Å². The van der Waals surface area contributed by atoms with Crippen molar-refractivity contribution < 1.29 is 61.3 Å². The Morgan fingerprint density at radius 1 is 0.704 bits per heavy atom. The number of rotatable bonds is 0. The molecule has 1 amide bonds. The summed E-state index contributed by atoms with van der Waals surface area (Å²) in [6.45, 7) is 7.38. The van der Waals surface area contributed by atoms with Crippen molar-refractivity contribution in [1.82, 2.24) is 4.90 Å². The number of amides is 1. The van der Waals surface area contributed by atoms with Gasteiger partial charge >= 0.3 is 27.9 Å². The Morgan fingerprint density at radius 2 is 0.926 bits per heavy atom. The lowest BCUT2D eigenvalue weighted by Crippen LogP contribution is -2.34. The fourth-order valence-electron chi connectivity index (χ4n) is 1.23. The van der Waals surface area contributed by atoms with Gasteiger partial charge in [0.1, 0.15) is 5.60 Å². The van der Waals surface area contributed by atoms with Crippen molar-refractivity contribution in [2.45, 2.75) is 39.2 Å². The molecule has 1 aliphatic heterocycles. The molecule has 0 N–H and O–H groups in total. The van der Waals surface area contributed by atoms with Gasteiger partial charge < -0.3 is 61.4 Å². The topological polar surface area (TPSA) is 29.5 Å². The number of carbonyl (C=O) groups excluding carboxylic acids is 1. The molecule has 1 aliphatic rings. The highest BCUT2D eigenvalue weighted by molar-refractivity contribution is 6.50. The highest BCUT2D eigenvalue weighted by Crippen LogP contribution is 2.14. The first-order valence-electron chi connectivity index (χ1n) is 7.09. The summed E-state index contributed by atoms with van der Waals surface area (Å²) in [6, 6.07) is 0. The molecule has 0 aromatic carbocycles. The summed E-state index contributed by atoms with van der Waals surface area (Å²) in [5.74, 6) is 0. The van der Waals surface area contributed by atoms with Crippen LogP contribution in [-0.4, -0.2) is 51.4 Å². The minimum Gasteiger partial charge on any atom is -0.444 e. The number of nitrogens with zero attached hydrogens (tertiary/aromatic N) is 1. The number of ether oxygens (including phenoxy) is 1. The number of hydrogen-bond acceptors (Lipinski definition) is 2. The zero-order chi connectivity index (χ0) is 22.7. The van der Waals surface area contributed by atoms with Crippen LogP contribution in [0, 0.1) is 0 Å². The molecular formula is C9H17B3F12NO2-3. The summed E-state index contributed by atoms with van der Waals surface area (Å²) in [5.41, 5.74) is -0.361. The van der Waals surface area contributed by atoms with Crippen LogP contribution in [0.5, 0.6) is 0 Å². The molecule has 0 saturated carbocycles. The van der Waals surface area contributed by atoms with Crippen molar-refractivity contribution in [2.24, 2.45) is 0 Å². The zero-order valence-corrected chi connectivity index (χ0v) is 14.4.